The highest BCUT2D eigenvalue weighted by molar-refractivity contribution is 4.66. The molecule has 0 aliphatic carbocycles. The van der Waals surface area contributed by atoms with Gasteiger partial charge in [-0.3, -0.25) is 11.1 Å². The van der Waals surface area contributed by atoms with Gasteiger partial charge in [0.05, 0.1) is 0 Å². The van der Waals surface area contributed by atoms with Gasteiger partial charge < -0.3 is 5.84 Å². The van der Waals surface area contributed by atoms with Crippen LogP contribution >= 0.6 is 0 Å². The van der Waals surface area contributed by atoms with E-state index in [1.165, 1.54) is 0 Å². The lowest BCUT2D eigenvalue weighted by Crippen LogP contribution is -2.27. The Morgan fingerprint density at radius 2 is 2.17 bits per heavy atom. The molecule has 1 aliphatic rings. The Kier molecular flexibility index (Phi) is 0.776. The van der Waals surface area contributed by atoms with Crippen LogP contribution in [0.25, 0.3) is 5.84 Å². The van der Waals surface area contributed by atoms with Crippen molar-refractivity contribution in [2.75, 3.05) is 13.1 Å². The quantitative estimate of drug-likeness (QED) is 0.263. The topological polar surface area (TPSA) is 56.1 Å². The summed E-state index contributed by atoms with van der Waals surface area (Å²) in [5.74, 6) is 11.6. The molecule has 0 bridgehead atoms. The van der Waals surface area contributed by atoms with E-state index >= 15 is 0 Å². The summed E-state index contributed by atoms with van der Waals surface area (Å²) >= 11 is 0. The van der Waals surface area contributed by atoms with Crippen molar-refractivity contribution in [3.8, 4) is 0 Å². The Balaban J connectivity index is 2.13. The van der Waals surface area contributed by atoms with Crippen LogP contribution in [0.3, 0.4) is 0 Å². The van der Waals surface area contributed by atoms with Crippen molar-refractivity contribution in [2.24, 2.45) is 5.84 Å². The predicted molar refractivity (Wildman–Crippen MR) is 21.9 cm³/mol. The number of nitrogens with two attached hydrogens (primary N) is 1. The Morgan fingerprint density at radius 1 is 1.67 bits per heavy atom. The van der Waals surface area contributed by atoms with Crippen LogP contribution in [0.15, 0.2) is 0 Å². The highest BCUT2D eigenvalue weighted by Gasteiger charge is 2.15. The van der Waals surface area contributed by atoms with Gasteiger partial charge in [0.15, 0.2) is 0 Å². The van der Waals surface area contributed by atoms with E-state index in [4.69, 9.17) is 11.7 Å². The lowest BCUT2D eigenvalue weighted by Gasteiger charge is -2.18. The van der Waals surface area contributed by atoms with Crippen LogP contribution in [-0.2, 0) is 0 Å². The van der Waals surface area contributed by atoms with E-state index in [0.717, 1.165) is 18.3 Å². The second-order valence-electron chi connectivity index (χ2n) is 1.30. The molecule has 0 saturated carbocycles. The molecule has 3 N–H and O–H groups in total. The maximum absolute atomic E-state index is 6.63. The first-order valence-electron chi connectivity index (χ1n) is 1.81. The van der Waals surface area contributed by atoms with Gasteiger partial charge in [0.2, 0.25) is 0 Å². The monoisotopic (exact) mass is 87.1 g/mol. The molecule has 1 aliphatic heterocycles. The number of hydrazine groups is 2. The molecule has 0 amide bonds. The molecule has 0 radical (unpaired) electrons. The Hall–Kier alpha value is -0.160. The van der Waals surface area contributed by atoms with Crippen LogP contribution in [-0.4, -0.2) is 23.3 Å². The van der Waals surface area contributed by atoms with Crippen molar-refractivity contribution in [1.82, 2.24) is 10.2 Å². The van der Waals surface area contributed by atoms with E-state index in [9.17, 15) is 0 Å². The summed E-state index contributed by atoms with van der Waals surface area (Å²) in [7, 11) is 0. The average molecular weight is 87.1 g/mol. The number of nitrogens with zero attached hydrogens (tertiary/aromatic N) is 2. The molecule has 1 fully saturated rings. The lowest BCUT2D eigenvalue weighted by atomic mass is 11.0. The fourth-order valence-corrected chi connectivity index (χ4v) is 0.260. The molecular formula is C2H7N4-. The molecule has 0 atom stereocenters. The van der Waals surface area contributed by atoms with Gasteiger partial charge in [-0.15, -0.1) is 0 Å². The smallest absolute Gasteiger partial charge is 0.0273 e. The largest absolute Gasteiger partial charge is 0.580 e. The van der Waals surface area contributed by atoms with Gasteiger partial charge in [0, 0.05) is 13.1 Å². The summed E-state index contributed by atoms with van der Waals surface area (Å²) < 4.78 is 0. The summed E-state index contributed by atoms with van der Waals surface area (Å²) in [5, 5.41) is 2.56. The molecule has 36 valence electrons. The minimum absolute atomic E-state index is 0.861. The zero-order chi connectivity index (χ0) is 4.57. The van der Waals surface area contributed by atoms with Gasteiger partial charge in [-0.2, -0.15) is 0 Å². The molecule has 4 nitrogen and oxygen atoms in total. The highest BCUT2D eigenvalue weighted by atomic mass is 15.9. The van der Waals surface area contributed by atoms with Gasteiger partial charge in [-0.25, -0.2) is 5.01 Å². The molecule has 1 rings (SSSR count). The SMILES string of the molecule is [NH-]N(N)N1CC1. The van der Waals surface area contributed by atoms with Crippen molar-refractivity contribution >= 4 is 0 Å². The highest BCUT2D eigenvalue weighted by Crippen LogP contribution is 2.02. The lowest BCUT2D eigenvalue weighted by molar-refractivity contribution is 0.161. The Morgan fingerprint density at radius 3 is 2.17 bits per heavy atom. The summed E-state index contributed by atoms with van der Waals surface area (Å²) in [6.45, 7) is 1.89. The van der Waals surface area contributed by atoms with Crippen LogP contribution < -0.4 is 5.84 Å². The summed E-state index contributed by atoms with van der Waals surface area (Å²) in [6, 6.07) is 0. The van der Waals surface area contributed by atoms with E-state index in [1.807, 2.05) is 0 Å². The summed E-state index contributed by atoms with van der Waals surface area (Å²) in [5.41, 5.74) is 0. The molecule has 0 aromatic heterocycles. The second kappa shape index (κ2) is 1.16. The first kappa shape index (κ1) is 4.01. The van der Waals surface area contributed by atoms with Gasteiger partial charge >= 0.3 is 0 Å². The summed E-state index contributed by atoms with van der Waals surface area (Å²) in [6.07, 6.45) is 0. The number of hydrogen-bond acceptors (Lipinski definition) is 3. The molecule has 1 saturated heterocycles. The average Bonchev–Trinajstić information content (AvgIpc) is 2.06. The van der Waals surface area contributed by atoms with Crippen molar-refractivity contribution in [2.45, 2.75) is 0 Å². The molecule has 0 aromatic carbocycles. The third-order valence-electron chi connectivity index (χ3n) is 0.728. The molecular weight excluding hydrogens is 80.0 g/mol. The van der Waals surface area contributed by atoms with Crippen LogP contribution in [0.2, 0.25) is 0 Å². The van der Waals surface area contributed by atoms with Crippen LogP contribution in [0.1, 0.15) is 0 Å². The molecule has 6 heavy (non-hydrogen) atoms. The summed E-state index contributed by atoms with van der Waals surface area (Å²) in [4.78, 5) is 0. The normalized spacial score (nSPS) is 22.5. The molecule has 4 heteroatoms. The zero-order valence-electron chi connectivity index (χ0n) is 3.39. The maximum Gasteiger partial charge on any atom is 0.0273 e. The van der Waals surface area contributed by atoms with E-state index < -0.39 is 0 Å². The Labute approximate surface area is 36.2 Å². The molecule has 0 aromatic rings. The molecule has 1 heterocycles. The molecule has 0 unspecified atom stereocenters. The van der Waals surface area contributed by atoms with E-state index in [1.54, 1.807) is 5.01 Å². The minimum atomic E-state index is 0.861. The van der Waals surface area contributed by atoms with Gasteiger partial charge in [0.25, 0.3) is 0 Å². The van der Waals surface area contributed by atoms with E-state index in [-0.39, 0.29) is 0 Å². The Bertz CT molecular complexity index is 47.5. The van der Waals surface area contributed by atoms with Crippen molar-refractivity contribution < 1.29 is 0 Å². The standard InChI is InChI=1S/C2H7N4/c3-6(4)5-1-2-5/h3H,1-2,4H2/q-1. The second-order valence-corrected chi connectivity index (χ2v) is 1.30. The van der Waals surface area contributed by atoms with Gasteiger partial charge in [-0.05, 0) is 0 Å². The number of nitrogens with one attached hydrogen (secondary N) is 1. The van der Waals surface area contributed by atoms with Crippen molar-refractivity contribution in [3.05, 3.63) is 5.84 Å². The number of rotatable bonds is 1. The fraction of sp³-hybridized carbons (Fsp3) is 1.00. The first-order valence-corrected chi connectivity index (χ1v) is 1.81. The predicted octanol–water partition coefficient (Wildman–Crippen LogP) is -0.640. The minimum Gasteiger partial charge on any atom is -0.580 e. The third-order valence-corrected chi connectivity index (χ3v) is 0.728. The van der Waals surface area contributed by atoms with Crippen molar-refractivity contribution in [1.29, 1.82) is 0 Å². The third kappa shape index (κ3) is 0.662. The zero-order valence-corrected chi connectivity index (χ0v) is 3.39. The first-order chi connectivity index (χ1) is 2.80. The van der Waals surface area contributed by atoms with E-state index in [2.05, 4.69) is 0 Å². The fourth-order valence-electron chi connectivity index (χ4n) is 0.260. The van der Waals surface area contributed by atoms with Crippen molar-refractivity contribution in [3.63, 3.8) is 0 Å². The maximum atomic E-state index is 6.63. The molecule has 0 spiro atoms. The van der Waals surface area contributed by atoms with Crippen LogP contribution in [0, 0.1) is 0 Å². The number of hydrogen-bond donors (Lipinski definition) is 1. The van der Waals surface area contributed by atoms with Crippen LogP contribution in [0.4, 0.5) is 0 Å². The van der Waals surface area contributed by atoms with Crippen LogP contribution in [0.5, 0.6) is 0 Å². The van der Waals surface area contributed by atoms with E-state index in [0.29, 0.717) is 0 Å². The van der Waals surface area contributed by atoms with Gasteiger partial charge in [0.1, 0.15) is 0 Å². The van der Waals surface area contributed by atoms with Gasteiger partial charge in [-0.1, -0.05) is 0 Å².